The van der Waals surface area contributed by atoms with Crippen molar-refractivity contribution in [2.75, 3.05) is 5.32 Å². The number of hydrogen-bond acceptors (Lipinski definition) is 3. The van der Waals surface area contributed by atoms with Crippen LogP contribution in [0.5, 0.6) is 0 Å². The molecule has 4 rings (SSSR count). The molecular formula is C18H14IN5O. The van der Waals surface area contributed by atoms with E-state index in [2.05, 4.69) is 67.5 Å². The van der Waals surface area contributed by atoms with Gasteiger partial charge in [0.25, 0.3) is 5.91 Å². The molecule has 0 aliphatic carbocycles. The van der Waals surface area contributed by atoms with E-state index in [-0.39, 0.29) is 5.91 Å². The number of benzene rings is 2. The second-order valence-corrected chi connectivity index (χ2v) is 6.75. The molecule has 0 aliphatic rings. The summed E-state index contributed by atoms with van der Waals surface area (Å²) in [5.74, 6) is 0.257. The summed E-state index contributed by atoms with van der Waals surface area (Å²) >= 11 is 2.06. The van der Waals surface area contributed by atoms with Crippen LogP contribution in [0.15, 0.2) is 60.9 Å². The van der Waals surface area contributed by atoms with Crippen LogP contribution in [0.3, 0.4) is 0 Å². The number of carbonyl (C=O) groups is 1. The number of rotatable bonds is 4. The zero-order chi connectivity index (χ0) is 17.2. The number of carbonyl (C=O) groups excluding carboxylic acids is 1. The molecule has 0 fully saturated rings. The Bertz CT molecular complexity index is 1050. The zero-order valence-corrected chi connectivity index (χ0v) is 15.3. The van der Waals surface area contributed by atoms with E-state index in [0.29, 0.717) is 18.1 Å². The molecule has 0 spiro atoms. The van der Waals surface area contributed by atoms with Gasteiger partial charge >= 0.3 is 0 Å². The summed E-state index contributed by atoms with van der Waals surface area (Å²) in [6.45, 7) is 0.638. The molecule has 4 aromatic rings. The van der Waals surface area contributed by atoms with Crippen LogP contribution in [0, 0.1) is 3.57 Å². The van der Waals surface area contributed by atoms with Gasteiger partial charge in [-0.2, -0.15) is 10.2 Å². The number of H-pyrrole nitrogens is 1. The lowest BCUT2D eigenvalue weighted by molar-refractivity contribution is 0.102. The molecule has 0 atom stereocenters. The first-order valence-corrected chi connectivity index (χ1v) is 8.79. The minimum absolute atomic E-state index is 0.252. The summed E-state index contributed by atoms with van der Waals surface area (Å²) in [5.41, 5.74) is 1.62. The van der Waals surface area contributed by atoms with E-state index in [1.165, 1.54) is 16.3 Å². The maximum absolute atomic E-state index is 12.2. The van der Waals surface area contributed by atoms with Gasteiger partial charge in [0.15, 0.2) is 5.82 Å². The van der Waals surface area contributed by atoms with Gasteiger partial charge < -0.3 is 5.32 Å². The molecule has 2 heterocycles. The predicted octanol–water partition coefficient (Wildman–Crippen LogP) is 3.66. The Labute approximate surface area is 157 Å². The molecule has 6 nitrogen and oxygen atoms in total. The lowest BCUT2D eigenvalue weighted by Crippen LogP contribution is -2.14. The largest absolute Gasteiger partial charge is 0.304 e. The van der Waals surface area contributed by atoms with Crippen molar-refractivity contribution in [2.24, 2.45) is 0 Å². The average Bonchev–Trinajstić information content (AvgIpc) is 3.24. The van der Waals surface area contributed by atoms with Crippen LogP contribution in [-0.4, -0.2) is 25.9 Å². The fourth-order valence-electron chi connectivity index (χ4n) is 2.73. The highest BCUT2D eigenvalue weighted by Gasteiger charge is 2.13. The molecule has 0 radical (unpaired) electrons. The molecule has 1 amide bonds. The highest BCUT2D eigenvalue weighted by molar-refractivity contribution is 14.1. The fraction of sp³-hybridized carbons (Fsp3) is 0.0556. The van der Waals surface area contributed by atoms with Crippen LogP contribution >= 0.6 is 22.6 Å². The van der Waals surface area contributed by atoms with Crippen LogP contribution in [-0.2, 0) is 6.54 Å². The summed E-state index contributed by atoms with van der Waals surface area (Å²) in [6.07, 6.45) is 3.46. The summed E-state index contributed by atoms with van der Waals surface area (Å²) in [6, 6.07) is 16.3. The molecule has 0 saturated heterocycles. The minimum Gasteiger partial charge on any atom is -0.304 e. The molecule has 0 saturated carbocycles. The van der Waals surface area contributed by atoms with Crippen molar-refractivity contribution in [3.8, 4) is 0 Å². The number of halogens is 1. The van der Waals surface area contributed by atoms with Gasteiger partial charge in [0.2, 0.25) is 0 Å². The summed E-state index contributed by atoms with van der Waals surface area (Å²) < 4.78 is 2.58. The molecular weight excluding hydrogens is 429 g/mol. The van der Waals surface area contributed by atoms with Gasteiger partial charge in [-0.15, -0.1) is 0 Å². The Morgan fingerprint density at radius 3 is 2.84 bits per heavy atom. The average molecular weight is 443 g/mol. The van der Waals surface area contributed by atoms with Crippen molar-refractivity contribution in [1.29, 1.82) is 0 Å². The number of nitrogens with zero attached hydrogens (tertiary/aromatic N) is 3. The quantitative estimate of drug-likeness (QED) is 0.473. The number of fused-ring (bicyclic) bond motifs is 1. The van der Waals surface area contributed by atoms with E-state index in [1.54, 1.807) is 12.3 Å². The van der Waals surface area contributed by atoms with E-state index in [1.807, 2.05) is 29.1 Å². The van der Waals surface area contributed by atoms with Crippen LogP contribution in [0.4, 0.5) is 5.82 Å². The van der Waals surface area contributed by atoms with Gasteiger partial charge in [-0.05, 0) is 38.9 Å². The zero-order valence-electron chi connectivity index (χ0n) is 13.1. The van der Waals surface area contributed by atoms with Gasteiger partial charge in [-0.1, -0.05) is 42.5 Å². The van der Waals surface area contributed by atoms with Crippen molar-refractivity contribution in [1.82, 2.24) is 20.0 Å². The third-order valence-electron chi connectivity index (χ3n) is 3.91. The van der Waals surface area contributed by atoms with Crippen LogP contribution < -0.4 is 5.32 Å². The van der Waals surface area contributed by atoms with Gasteiger partial charge in [0.1, 0.15) is 5.69 Å². The standard InChI is InChI=1S/C18H14IN5O/c19-15-10-20-22-17(15)18(25)21-16-8-9-24(23-16)11-13-6-3-5-12-4-1-2-7-14(12)13/h1-10H,11H2,(H,20,22)(H,21,23,25). The molecule has 0 aliphatic heterocycles. The first-order chi connectivity index (χ1) is 12.2. The van der Waals surface area contributed by atoms with Crippen molar-refractivity contribution < 1.29 is 4.79 Å². The molecule has 2 aromatic heterocycles. The van der Waals surface area contributed by atoms with Crippen molar-refractivity contribution in [3.05, 3.63) is 75.8 Å². The number of amides is 1. The number of nitrogens with one attached hydrogen (secondary N) is 2. The van der Waals surface area contributed by atoms with Crippen LogP contribution in [0.1, 0.15) is 16.1 Å². The first-order valence-electron chi connectivity index (χ1n) is 7.71. The smallest absolute Gasteiger partial charge is 0.275 e. The maximum atomic E-state index is 12.2. The molecule has 0 bridgehead atoms. The number of anilines is 1. The minimum atomic E-state index is -0.252. The molecule has 7 heteroatoms. The second kappa shape index (κ2) is 6.67. The van der Waals surface area contributed by atoms with Gasteiger partial charge in [-0.25, -0.2) is 0 Å². The van der Waals surface area contributed by atoms with E-state index < -0.39 is 0 Å². The van der Waals surface area contributed by atoms with E-state index in [4.69, 9.17) is 0 Å². The highest BCUT2D eigenvalue weighted by atomic mass is 127. The normalized spacial score (nSPS) is 10.9. The van der Waals surface area contributed by atoms with E-state index in [0.717, 1.165) is 3.57 Å². The lowest BCUT2D eigenvalue weighted by Gasteiger charge is -2.07. The monoisotopic (exact) mass is 443 g/mol. The third kappa shape index (κ3) is 3.27. The molecule has 124 valence electrons. The Kier molecular flexibility index (Phi) is 4.22. The number of aromatic amines is 1. The Hall–Kier alpha value is -2.68. The Morgan fingerprint density at radius 1 is 1.16 bits per heavy atom. The molecule has 25 heavy (non-hydrogen) atoms. The van der Waals surface area contributed by atoms with Gasteiger partial charge in [0.05, 0.1) is 16.3 Å². The maximum Gasteiger partial charge on any atom is 0.275 e. The highest BCUT2D eigenvalue weighted by Crippen LogP contribution is 2.19. The fourth-order valence-corrected chi connectivity index (χ4v) is 3.24. The summed E-state index contributed by atoms with van der Waals surface area (Å²) in [5, 5.41) is 16.2. The van der Waals surface area contributed by atoms with Gasteiger partial charge in [0, 0.05) is 12.3 Å². The number of aromatic nitrogens is 4. The van der Waals surface area contributed by atoms with Crippen molar-refractivity contribution in [2.45, 2.75) is 6.54 Å². The van der Waals surface area contributed by atoms with Gasteiger partial charge in [-0.3, -0.25) is 14.6 Å². The predicted molar refractivity (Wildman–Crippen MR) is 105 cm³/mol. The third-order valence-corrected chi connectivity index (χ3v) is 4.73. The number of hydrogen-bond donors (Lipinski definition) is 2. The topological polar surface area (TPSA) is 75.6 Å². The second-order valence-electron chi connectivity index (χ2n) is 5.58. The van der Waals surface area contributed by atoms with Crippen molar-refractivity contribution in [3.63, 3.8) is 0 Å². The van der Waals surface area contributed by atoms with Crippen molar-refractivity contribution >= 4 is 45.1 Å². The summed E-state index contributed by atoms with van der Waals surface area (Å²) in [4.78, 5) is 12.2. The van der Waals surface area contributed by atoms with E-state index in [9.17, 15) is 4.79 Å². The molecule has 2 N–H and O–H groups in total. The summed E-state index contributed by atoms with van der Waals surface area (Å²) in [7, 11) is 0. The Morgan fingerprint density at radius 2 is 2.00 bits per heavy atom. The first kappa shape index (κ1) is 15.8. The lowest BCUT2D eigenvalue weighted by atomic mass is 10.0. The van der Waals surface area contributed by atoms with Crippen LogP contribution in [0.25, 0.3) is 10.8 Å². The Balaban J connectivity index is 1.53. The van der Waals surface area contributed by atoms with E-state index >= 15 is 0 Å². The molecule has 2 aromatic carbocycles. The molecule has 0 unspecified atom stereocenters. The van der Waals surface area contributed by atoms with Crippen LogP contribution in [0.2, 0.25) is 0 Å². The SMILES string of the molecule is O=C(Nc1ccn(Cc2cccc3ccccc23)n1)c1[nH]ncc1I.